The Morgan fingerprint density at radius 1 is 0.812 bits per heavy atom. The first-order valence-electron chi connectivity index (χ1n) is 12.7. The van der Waals surface area contributed by atoms with Gasteiger partial charge in [-0.05, 0) is 32.4 Å². The lowest BCUT2D eigenvalue weighted by Gasteiger charge is -2.15. The fourth-order valence-corrected chi connectivity index (χ4v) is 3.84. The van der Waals surface area contributed by atoms with Crippen LogP contribution in [0.5, 0.6) is 5.75 Å². The summed E-state index contributed by atoms with van der Waals surface area (Å²) < 4.78 is 19.5. The molecule has 5 heteroatoms. The molecule has 0 spiro atoms. The number of ether oxygens (including phenoxy) is 1. The van der Waals surface area contributed by atoms with Crippen LogP contribution in [0.1, 0.15) is 111 Å². The van der Waals surface area contributed by atoms with Gasteiger partial charge in [0.1, 0.15) is 0 Å². The van der Waals surface area contributed by atoms with Gasteiger partial charge in [0, 0.05) is 18.3 Å². The molecular formula is C27H44FNO3. The van der Waals surface area contributed by atoms with Gasteiger partial charge in [-0.3, -0.25) is 9.59 Å². The van der Waals surface area contributed by atoms with Crippen molar-refractivity contribution in [1.82, 2.24) is 0 Å². The summed E-state index contributed by atoms with van der Waals surface area (Å²) in [4.78, 5) is 22.9. The highest BCUT2D eigenvalue weighted by Gasteiger charge is 2.22. The summed E-state index contributed by atoms with van der Waals surface area (Å²) in [5.74, 6) is -1.53. The highest BCUT2D eigenvalue weighted by Crippen LogP contribution is 2.23. The summed E-state index contributed by atoms with van der Waals surface area (Å²) in [7, 11) is 0. The predicted molar refractivity (Wildman–Crippen MR) is 131 cm³/mol. The fourth-order valence-electron chi connectivity index (χ4n) is 3.84. The summed E-state index contributed by atoms with van der Waals surface area (Å²) in [6.07, 6.45) is 17.3. The van der Waals surface area contributed by atoms with Gasteiger partial charge in [-0.15, -0.1) is 0 Å². The lowest BCUT2D eigenvalue weighted by atomic mass is 10.0. The molecular weight excluding hydrogens is 405 g/mol. The van der Waals surface area contributed by atoms with Crippen LogP contribution in [-0.2, 0) is 9.59 Å². The van der Waals surface area contributed by atoms with E-state index >= 15 is 0 Å². The minimum atomic E-state index is -1.25. The average molecular weight is 450 g/mol. The Bertz CT molecular complexity index is 648. The van der Waals surface area contributed by atoms with Crippen LogP contribution in [-0.4, -0.2) is 24.2 Å². The van der Waals surface area contributed by atoms with Gasteiger partial charge in [0.25, 0.3) is 0 Å². The van der Waals surface area contributed by atoms with E-state index in [1.807, 2.05) is 0 Å². The van der Waals surface area contributed by atoms with Crippen molar-refractivity contribution < 1.29 is 18.7 Å². The highest BCUT2D eigenvalue weighted by atomic mass is 19.1. The summed E-state index contributed by atoms with van der Waals surface area (Å²) in [6.45, 7) is 5.58. The van der Waals surface area contributed by atoms with E-state index in [9.17, 15) is 14.0 Å². The number of unbranched alkanes of at least 4 members (excludes halogenated alkanes) is 13. The Hall–Kier alpha value is -1.91. The number of benzene rings is 1. The topological polar surface area (TPSA) is 55.4 Å². The van der Waals surface area contributed by atoms with Crippen LogP contribution in [0.4, 0.5) is 10.1 Å². The van der Waals surface area contributed by atoms with E-state index in [4.69, 9.17) is 4.74 Å². The predicted octanol–water partition coefficient (Wildman–Crippen LogP) is 7.64. The Morgan fingerprint density at radius 3 is 1.72 bits per heavy atom. The van der Waals surface area contributed by atoms with Crippen LogP contribution >= 0.6 is 0 Å². The number of hydrogen-bond donors (Lipinski definition) is 1. The fraction of sp³-hybridized carbons (Fsp3) is 0.704. The Morgan fingerprint density at radius 2 is 1.28 bits per heavy atom. The molecule has 4 nitrogen and oxygen atoms in total. The number of nitrogens with one attached hydrogen (secondary N) is 1. The van der Waals surface area contributed by atoms with E-state index in [1.165, 1.54) is 109 Å². The van der Waals surface area contributed by atoms with Gasteiger partial charge in [-0.1, -0.05) is 90.4 Å². The van der Waals surface area contributed by atoms with Gasteiger partial charge in [0.15, 0.2) is 23.1 Å². The zero-order valence-corrected chi connectivity index (χ0v) is 20.5. The molecule has 0 saturated heterocycles. The number of rotatable bonds is 20. The number of anilines is 1. The Kier molecular flexibility index (Phi) is 15.5. The number of carbonyl (C=O) groups excluding carboxylic acids is 2. The second-order valence-corrected chi connectivity index (χ2v) is 8.89. The molecule has 0 amide bonds. The first kappa shape index (κ1) is 28.1. The van der Waals surface area contributed by atoms with Crippen molar-refractivity contribution in [3.8, 4) is 5.75 Å². The van der Waals surface area contributed by atoms with E-state index in [0.29, 0.717) is 5.69 Å². The van der Waals surface area contributed by atoms with Crippen molar-refractivity contribution in [1.29, 1.82) is 0 Å². The second-order valence-electron chi connectivity index (χ2n) is 8.89. The molecule has 1 aromatic rings. The van der Waals surface area contributed by atoms with Gasteiger partial charge in [0.2, 0.25) is 6.10 Å². The molecule has 0 aliphatic rings. The molecule has 1 rings (SSSR count). The molecule has 0 fully saturated rings. The second kappa shape index (κ2) is 17.6. The van der Waals surface area contributed by atoms with Crippen LogP contribution in [0.3, 0.4) is 0 Å². The molecule has 182 valence electrons. The van der Waals surface area contributed by atoms with Crippen molar-refractivity contribution in [2.24, 2.45) is 0 Å². The highest BCUT2D eigenvalue weighted by molar-refractivity contribution is 6.03. The summed E-state index contributed by atoms with van der Waals surface area (Å²) in [6, 6.07) is 4.51. The quantitative estimate of drug-likeness (QED) is 0.164. The molecule has 0 heterocycles. The maximum atomic E-state index is 14.2. The van der Waals surface area contributed by atoms with Gasteiger partial charge >= 0.3 is 0 Å². The number of halogens is 1. The molecule has 1 N–H and O–H groups in total. The van der Waals surface area contributed by atoms with Crippen molar-refractivity contribution in [3.05, 3.63) is 24.0 Å². The normalized spacial score (nSPS) is 11.0. The van der Waals surface area contributed by atoms with Crippen LogP contribution in [0, 0.1) is 5.82 Å². The lowest BCUT2D eigenvalue weighted by molar-refractivity contribution is -0.134. The molecule has 0 saturated carbocycles. The smallest absolute Gasteiger partial charge is 0.214 e. The molecule has 32 heavy (non-hydrogen) atoms. The third kappa shape index (κ3) is 12.8. The summed E-state index contributed by atoms with van der Waals surface area (Å²) in [5, 5.41) is 3.23. The molecule has 0 unspecified atom stereocenters. The van der Waals surface area contributed by atoms with Crippen molar-refractivity contribution in [2.45, 2.75) is 117 Å². The monoisotopic (exact) mass is 449 g/mol. The average Bonchev–Trinajstić information content (AvgIpc) is 2.75. The van der Waals surface area contributed by atoms with Crippen LogP contribution < -0.4 is 10.1 Å². The standard InChI is InChI=1S/C27H44FNO3/c1-4-5-6-7-8-9-10-11-12-13-14-15-16-17-20-29-24-18-19-26(25(28)21-24)32-27(22(2)30)23(3)31/h18-19,21,27,29H,4-17,20H2,1-3H3. The Balaban J connectivity index is 2.07. The van der Waals surface area contributed by atoms with E-state index in [-0.39, 0.29) is 5.75 Å². The first-order valence-corrected chi connectivity index (χ1v) is 12.7. The lowest BCUT2D eigenvalue weighted by Crippen LogP contribution is -2.32. The SMILES string of the molecule is CCCCCCCCCCCCCCCCNc1ccc(OC(C(C)=O)C(C)=O)c(F)c1. The third-order valence-electron chi connectivity index (χ3n) is 5.77. The van der Waals surface area contributed by atoms with Crippen LogP contribution in [0.2, 0.25) is 0 Å². The number of ketones is 2. The molecule has 0 aliphatic carbocycles. The van der Waals surface area contributed by atoms with Crippen LogP contribution in [0.15, 0.2) is 18.2 Å². The van der Waals surface area contributed by atoms with Crippen molar-refractivity contribution in [3.63, 3.8) is 0 Å². The molecule has 0 atom stereocenters. The maximum Gasteiger partial charge on any atom is 0.214 e. The molecule has 1 aromatic carbocycles. The summed E-state index contributed by atoms with van der Waals surface area (Å²) in [5.41, 5.74) is 0.673. The molecule has 0 bridgehead atoms. The minimum Gasteiger partial charge on any atom is -0.472 e. The van der Waals surface area contributed by atoms with E-state index in [0.717, 1.165) is 13.0 Å². The zero-order chi connectivity index (χ0) is 23.6. The van der Waals surface area contributed by atoms with Crippen molar-refractivity contribution >= 4 is 17.3 Å². The van der Waals surface area contributed by atoms with Gasteiger partial charge in [-0.25, -0.2) is 4.39 Å². The first-order chi connectivity index (χ1) is 15.5. The van der Waals surface area contributed by atoms with Crippen molar-refractivity contribution in [2.75, 3.05) is 11.9 Å². The molecule has 0 aromatic heterocycles. The van der Waals surface area contributed by atoms with E-state index < -0.39 is 23.5 Å². The minimum absolute atomic E-state index is 0.0811. The van der Waals surface area contributed by atoms with E-state index in [1.54, 1.807) is 6.07 Å². The number of hydrogen-bond acceptors (Lipinski definition) is 4. The van der Waals surface area contributed by atoms with Crippen LogP contribution in [0.25, 0.3) is 0 Å². The Labute approximate surface area is 194 Å². The third-order valence-corrected chi connectivity index (χ3v) is 5.77. The zero-order valence-electron chi connectivity index (χ0n) is 20.5. The number of Topliss-reactive ketones (excluding diaryl/α,β-unsaturated/α-hetero) is 2. The maximum absolute atomic E-state index is 14.2. The summed E-state index contributed by atoms with van der Waals surface area (Å²) >= 11 is 0. The number of carbonyl (C=O) groups is 2. The molecule has 0 radical (unpaired) electrons. The van der Waals surface area contributed by atoms with Gasteiger partial charge in [-0.2, -0.15) is 0 Å². The van der Waals surface area contributed by atoms with E-state index in [2.05, 4.69) is 12.2 Å². The largest absolute Gasteiger partial charge is 0.472 e. The van der Waals surface area contributed by atoms with Gasteiger partial charge in [0.05, 0.1) is 0 Å². The molecule has 0 aliphatic heterocycles. The van der Waals surface area contributed by atoms with Gasteiger partial charge < -0.3 is 10.1 Å².